The van der Waals surface area contributed by atoms with Crippen LogP contribution >= 0.6 is 11.8 Å². The van der Waals surface area contributed by atoms with E-state index in [0.717, 1.165) is 6.07 Å². The minimum Gasteiger partial charge on any atom is -0.463 e. The number of aliphatic hydroxyl groups is 1. The van der Waals surface area contributed by atoms with E-state index in [2.05, 4.69) is 20.9 Å². The van der Waals surface area contributed by atoms with E-state index in [1.165, 1.54) is 30.2 Å². The van der Waals surface area contributed by atoms with Crippen LogP contribution in [-0.4, -0.2) is 44.0 Å². The van der Waals surface area contributed by atoms with E-state index in [0.29, 0.717) is 6.42 Å². The lowest BCUT2D eigenvalue weighted by Gasteiger charge is -2.34. The van der Waals surface area contributed by atoms with Crippen LogP contribution in [0.4, 0.5) is 8.78 Å². The predicted octanol–water partition coefficient (Wildman–Crippen LogP) is 2.22. The van der Waals surface area contributed by atoms with E-state index in [1.54, 1.807) is 6.92 Å². The van der Waals surface area contributed by atoms with Gasteiger partial charge in [-0.25, -0.2) is 18.7 Å². The minimum absolute atomic E-state index is 0.00740. The Labute approximate surface area is 187 Å². The van der Waals surface area contributed by atoms with Gasteiger partial charge in [0.05, 0.1) is 29.3 Å². The second-order valence-corrected chi connectivity index (χ2v) is 9.39. The van der Waals surface area contributed by atoms with Gasteiger partial charge in [-0.05, 0) is 31.0 Å². The van der Waals surface area contributed by atoms with Crippen molar-refractivity contribution < 1.29 is 23.4 Å². The van der Waals surface area contributed by atoms with Gasteiger partial charge in [-0.2, -0.15) is 0 Å². The summed E-state index contributed by atoms with van der Waals surface area (Å²) in [7, 11) is 0. The van der Waals surface area contributed by atoms with Gasteiger partial charge in [0, 0.05) is 17.9 Å². The average molecular weight is 458 g/mol. The summed E-state index contributed by atoms with van der Waals surface area (Å²) in [5, 5.41) is 10.0. The number of ether oxygens (including phenoxy) is 1. The first-order chi connectivity index (χ1) is 15.2. The number of hydrogen-bond acceptors (Lipinski definition) is 8. The van der Waals surface area contributed by atoms with E-state index in [-0.39, 0.29) is 53.4 Å². The van der Waals surface area contributed by atoms with E-state index in [1.807, 2.05) is 0 Å². The Bertz CT molecular complexity index is 1150. The number of benzene rings is 1. The number of amidine groups is 1. The second-order valence-electron chi connectivity index (χ2n) is 7.95. The normalized spacial score (nSPS) is 26.0. The summed E-state index contributed by atoms with van der Waals surface area (Å²) in [5.41, 5.74) is 5.11. The highest BCUT2D eigenvalue weighted by Gasteiger charge is 2.66. The summed E-state index contributed by atoms with van der Waals surface area (Å²) >= 11 is 1.26. The van der Waals surface area contributed by atoms with Crippen molar-refractivity contribution in [2.24, 2.45) is 16.6 Å². The first-order valence-electron chi connectivity index (χ1n) is 9.77. The molecule has 1 saturated carbocycles. The molecule has 0 spiro atoms. The van der Waals surface area contributed by atoms with Crippen LogP contribution in [0.3, 0.4) is 0 Å². The van der Waals surface area contributed by atoms with Crippen molar-refractivity contribution in [3.05, 3.63) is 53.0 Å². The molecule has 32 heavy (non-hydrogen) atoms. The molecule has 10 heteroatoms. The Balaban J connectivity index is 1.62. The van der Waals surface area contributed by atoms with Crippen LogP contribution in [0.2, 0.25) is 0 Å². The molecule has 1 aliphatic carbocycles. The molecule has 4 rings (SSSR count). The molecule has 0 saturated heterocycles. The topological polar surface area (TPSA) is 111 Å². The lowest BCUT2D eigenvalue weighted by molar-refractivity contribution is 0.0987. The molecule has 3 N–H and O–H groups in total. The zero-order chi connectivity index (χ0) is 23.1. The smallest absolute Gasteiger partial charge is 0.233 e. The van der Waals surface area contributed by atoms with Crippen LogP contribution in [-0.2, 0) is 12.0 Å². The first kappa shape index (κ1) is 22.2. The monoisotopic (exact) mass is 458 g/mol. The molecular weight excluding hydrogens is 438 g/mol. The standard InChI is InChI=1S/C22H20F2N4O3S/c1-3-4-31-18-10-26-15(9-27-18)16(30)7-12-5-13(19(24)14(23)6-12)21(2)17-8-22(17,11-29)32-20(25)28-21/h1,5-6,9-10,17,29H,4,7-8,11H2,2H3,(H2,25,28)/t17-,21+,22+/m0/s1. The molecule has 0 bridgehead atoms. The van der Waals surface area contributed by atoms with Gasteiger partial charge in [0.25, 0.3) is 0 Å². The zero-order valence-corrected chi connectivity index (χ0v) is 18.0. The highest BCUT2D eigenvalue weighted by molar-refractivity contribution is 8.15. The molecule has 2 heterocycles. The molecular formula is C22H20F2N4O3S. The number of carbonyl (C=O) groups excluding carboxylic acids is 1. The van der Waals surface area contributed by atoms with Crippen molar-refractivity contribution in [3.63, 3.8) is 0 Å². The molecule has 166 valence electrons. The fraction of sp³-hybridized carbons (Fsp3) is 0.364. The maximum Gasteiger partial charge on any atom is 0.233 e. The van der Waals surface area contributed by atoms with Crippen molar-refractivity contribution in [3.8, 4) is 18.2 Å². The highest BCUT2D eigenvalue weighted by Crippen LogP contribution is 2.65. The molecule has 0 unspecified atom stereocenters. The van der Waals surface area contributed by atoms with Crippen LogP contribution in [0.5, 0.6) is 5.88 Å². The molecule has 0 radical (unpaired) electrons. The fourth-order valence-electron chi connectivity index (χ4n) is 4.15. The van der Waals surface area contributed by atoms with Gasteiger partial charge in [0.1, 0.15) is 5.69 Å². The Morgan fingerprint density at radius 1 is 1.41 bits per heavy atom. The summed E-state index contributed by atoms with van der Waals surface area (Å²) in [4.78, 5) is 25.0. The van der Waals surface area contributed by atoms with E-state index in [9.17, 15) is 18.7 Å². The van der Waals surface area contributed by atoms with Gasteiger partial charge in [-0.3, -0.25) is 9.79 Å². The minimum atomic E-state index is -1.15. The Kier molecular flexibility index (Phi) is 5.65. The van der Waals surface area contributed by atoms with Gasteiger partial charge < -0.3 is 15.6 Å². The number of halogens is 2. The van der Waals surface area contributed by atoms with Crippen molar-refractivity contribution in [2.75, 3.05) is 13.2 Å². The van der Waals surface area contributed by atoms with Crippen molar-refractivity contribution in [1.29, 1.82) is 0 Å². The van der Waals surface area contributed by atoms with Crippen LogP contribution in [0, 0.1) is 29.9 Å². The number of terminal acetylenes is 1. The number of carbonyl (C=O) groups is 1. The Morgan fingerprint density at radius 3 is 2.84 bits per heavy atom. The Hall–Kier alpha value is -3.03. The van der Waals surface area contributed by atoms with Gasteiger partial charge >= 0.3 is 0 Å². The number of fused-ring (bicyclic) bond motifs is 1. The average Bonchev–Trinajstić information content (AvgIpc) is 3.50. The summed E-state index contributed by atoms with van der Waals surface area (Å²) < 4.78 is 34.0. The zero-order valence-electron chi connectivity index (χ0n) is 17.1. The van der Waals surface area contributed by atoms with Crippen molar-refractivity contribution in [1.82, 2.24) is 9.97 Å². The number of nitrogens with two attached hydrogens (primary N) is 1. The maximum absolute atomic E-state index is 14.9. The third-order valence-electron chi connectivity index (χ3n) is 5.84. The molecule has 7 nitrogen and oxygen atoms in total. The van der Waals surface area contributed by atoms with Crippen molar-refractivity contribution in [2.45, 2.75) is 30.1 Å². The number of hydrogen-bond donors (Lipinski definition) is 2. The molecule has 0 amide bonds. The van der Waals surface area contributed by atoms with Gasteiger partial charge in [-0.15, -0.1) is 6.42 Å². The highest BCUT2D eigenvalue weighted by atomic mass is 32.2. The van der Waals surface area contributed by atoms with Crippen LogP contribution < -0.4 is 10.5 Å². The molecule has 1 aromatic carbocycles. The SMILES string of the molecule is C#CCOc1cnc(C(=O)Cc2cc(F)c(F)c([C@@]3(C)N=C(N)S[C@@]4(CO)C[C@H]43)c2)cn1. The number of thioether (sulfide) groups is 1. The molecule has 1 aromatic heterocycles. The molecule has 1 aliphatic heterocycles. The summed E-state index contributed by atoms with van der Waals surface area (Å²) in [6.07, 6.45) is 7.96. The predicted molar refractivity (Wildman–Crippen MR) is 115 cm³/mol. The fourth-order valence-corrected chi connectivity index (χ4v) is 5.48. The lowest BCUT2D eigenvalue weighted by Crippen LogP contribution is -2.37. The third kappa shape index (κ3) is 3.82. The van der Waals surface area contributed by atoms with Crippen LogP contribution in [0.1, 0.15) is 35.0 Å². The van der Waals surface area contributed by atoms with E-state index in [4.69, 9.17) is 16.9 Å². The third-order valence-corrected chi connectivity index (χ3v) is 7.12. The lowest BCUT2D eigenvalue weighted by atomic mass is 9.84. The molecule has 3 atom stereocenters. The van der Waals surface area contributed by atoms with Gasteiger partial charge in [0.2, 0.25) is 5.88 Å². The first-order valence-corrected chi connectivity index (χ1v) is 10.6. The van der Waals surface area contributed by atoms with E-state index >= 15 is 0 Å². The summed E-state index contributed by atoms with van der Waals surface area (Å²) in [6, 6.07) is 2.41. The quantitative estimate of drug-likeness (QED) is 0.484. The van der Waals surface area contributed by atoms with E-state index < -0.39 is 27.7 Å². The van der Waals surface area contributed by atoms with Crippen LogP contribution in [0.15, 0.2) is 29.5 Å². The second kappa shape index (κ2) is 8.15. The maximum atomic E-state index is 14.9. The number of aliphatic hydroxyl groups excluding tert-OH is 1. The number of Topliss-reactive ketones (excluding diaryl/α,β-unsaturated/α-hetero) is 1. The molecule has 2 aliphatic rings. The Morgan fingerprint density at radius 2 is 2.19 bits per heavy atom. The number of aromatic nitrogens is 2. The number of aliphatic imine (C=N–C) groups is 1. The number of ketones is 1. The van der Waals surface area contributed by atoms with Crippen molar-refractivity contribution >= 4 is 22.7 Å². The number of nitrogens with zero attached hydrogens (tertiary/aromatic N) is 3. The largest absolute Gasteiger partial charge is 0.463 e. The summed E-state index contributed by atoms with van der Waals surface area (Å²) in [5.74, 6) is -0.303. The van der Waals surface area contributed by atoms with Gasteiger partial charge in [-0.1, -0.05) is 17.7 Å². The summed E-state index contributed by atoms with van der Waals surface area (Å²) in [6.45, 7) is 1.55. The van der Waals surface area contributed by atoms with Crippen LogP contribution in [0.25, 0.3) is 0 Å². The molecule has 1 fully saturated rings. The van der Waals surface area contributed by atoms with Gasteiger partial charge in [0.15, 0.2) is 29.2 Å². The molecule has 2 aromatic rings. The number of rotatable bonds is 7.